The molecular weight excluding hydrogens is 240 g/mol. The van der Waals surface area contributed by atoms with Crippen LogP contribution in [-0.4, -0.2) is 11.8 Å². The largest absolute Gasteiger partial charge is 0.366 e. The summed E-state index contributed by atoms with van der Waals surface area (Å²) in [6.45, 7) is 1.42. The van der Waals surface area contributed by atoms with E-state index in [1.54, 1.807) is 18.2 Å². The van der Waals surface area contributed by atoms with Gasteiger partial charge >= 0.3 is 0 Å². The fourth-order valence-electron chi connectivity index (χ4n) is 1.86. The monoisotopic (exact) mass is 254 g/mol. The Morgan fingerprint density at radius 2 is 1.74 bits per heavy atom. The molecule has 0 atom stereocenters. The first-order chi connectivity index (χ1) is 9.08. The highest BCUT2D eigenvalue weighted by Gasteiger charge is 2.09. The number of amides is 2. The molecule has 19 heavy (non-hydrogen) atoms. The molecule has 4 heteroatoms. The van der Waals surface area contributed by atoms with Crippen LogP contribution in [0.2, 0.25) is 0 Å². The van der Waals surface area contributed by atoms with Crippen molar-refractivity contribution in [3.8, 4) is 11.1 Å². The van der Waals surface area contributed by atoms with Crippen molar-refractivity contribution >= 4 is 17.5 Å². The molecule has 0 aliphatic carbocycles. The maximum Gasteiger partial charge on any atom is 0.248 e. The van der Waals surface area contributed by atoms with Crippen LogP contribution in [0.15, 0.2) is 48.5 Å². The highest BCUT2D eigenvalue weighted by atomic mass is 16.1. The summed E-state index contributed by atoms with van der Waals surface area (Å²) in [6, 6.07) is 14.6. The van der Waals surface area contributed by atoms with Gasteiger partial charge in [-0.15, -0.1) is 0 Å². The Labute approximate surface area is 111 Å². The van der Waals surface area contributed by atoms with Crippen molar-refractivity contribution in [3.63, 3.8) is 0 Å². The zero-order valence-corrected chi connectivity index (χ0v) is 10.5. The minimum Gasteiger partial charge on any atom is -0.366 e. The molecule has 0 radical (unpaired) electrons. The Hall–Kier alpha value is -2.62. The van der Waals surface area contributed by atoms with Crippen molar-refractivity contribution in [1.82, 2.24) is 0 Å². The number of carbonyl (C=O) groups is 2. The number of nitrogens with two attached hydrogens (primary N) is 1. The van der Waals surface area contributed by atoms with E-state index in [2.05, 4.69) is 5.32 Å². The second kappa shape index (κ2) is 5.35. The number of rotatable bonds is 3. The van der Waals surface area contributed by atoms with E-state index in [9.17, 15) is 9.59 Å². The topological polar surface area (TPSA) is 72.2 Å². The predicted molar refractivity (Wildman–Crippen MR) is 74.7 cm³/mol. The molecule has 0 fully saturated rings. The number of primary amides is 1. The van der Waals surface area contributed by atoms with Crippen molar-refractivity contribution in [3.05, 3.63) is 54.1 Å². The third kappa shape index (κ3) is 2.98. The molecule has 2 aromatic rings. The first kappa shape index (κ1) is 12.8. The number of nitrogens with one attached hydrogen (secondary N) is 1. The molecular formula is C15H14N2O2. The molecule has 2 aromatic carbocycles. The molecule has 0 bridgehead atoms. The van der Waals surface area contributed by atoms with Gasteiger partial charge in [0.15, 0.2) is 0 Å². The molecule has 4 nitrogen and oxygen atoms in total. The fourth-order valence-corrected chi connectivity index (χ4v) is 1.86. The molecule has 0 spiro atoms. The number of hydrogen-bond acceptors (Lipinski definition) is 2. The molecule has 0 unspecified atom stereocenters. The van der Waals surface area contributed by atoms with Gasteiger partial charge in [-0.05, 0) is 17.7 Å². The third-order valence-electron chi connectivity index (χ3n) is 2.70. The molecule has 0 saturated carbocycles. The zero-order chi connectivity index (χ0) is 13.8. The van der Waals surface area contributed by atoms with Crippen LogP contribution in [0.3, 0.4) is 0 Å². The smallest absolute Gasteiger partial charge is 0.248 e. The SMILES string of the molecule is CC(=O)Nc1cc(C(N)=O)ccc1-c1ccccc1. The van der Waals surface area contributed by atoms with Crippen molar-refractivity contribution in [2.24, 2.45) is 5.73 Å². The van der Waals surface area contributed by atoms with Gasteiger partial charge in [0.1, 0.15) is 0 Å². The van der Waals surface area contributed by atoms with Gasteiger partial charge < -0.3 is 11.1 Å². The van der Waals surface area contributed by atoms with Crippen LogP contribution in [0.4, 0.5) is 5.69 Å². The van der Waals surface area contributed by atoms with Crippen LogP contribution in [0.5, 0.6) is 0 Å². The molecule has 0 saturated heterocycles. The minimum atomic E-state index is -0.522. The average molecular weight is 254 g/mol. The van der Waals surface area contributed by atoms with Crippen LogP contribution >= 0.6 is 0 Å². The Balaban J connectivity index is 2.54. The van der Waals surface area contributed by atoms with Crippen LogP contribution < -0.4 is 11.1 Å². The second-order valence-corrected chi connectivity index (χ2v) is 4.17. The molecule has 0 aromatic heterocycles. The fraction of sp³-hybridized carbons (Fsp3) is 0.0667. The molecule has 0 heterocycles. The number of anilines is 1. The maximum absolute atomic E-state index is 11.3. The van der Waals surface area contributed by atoms with E-state index in [0.717, 1.165) is 11.1 Å². The third-order valence-corrected chi connectivity index (χ3v) is 2.70. The van der Waals surface area contributed by atoms with E-state index in [0.29, 0.717) is 11.3 Å². The van der Waals surface area contributed by atoms with Gasteiger partial charge in [-0.1, -0.05) is 36.4 Å². The van der Waals surface area contributed by atoms with Gasteiger partial charge in [0.2, 0.25) is 11.8 Å². The normalized spacial score (nSPS) is 9.95. The van der Waals surface area contributed by atoms with Crippen molar-refractivity contribution < 1.29 is 9.59 Å². The Morgan fingerprint density at radius 1 is 1.05 bits per heavy atom. The lowest BCUT2D eigenvalue weighted by Gasteiger charge is -2.11. The van der Waals surface area contributed by atoms with Gasteiger partial charge in [-0.2, -0.15) is 0 Å². The maximum atomic E-state index is 11.3. The van der Waals surface area contributed by atoms with E-state index >= 15 is 0 Å². The van der Waals surface area contributed by atoms with E-state index in [1.165, 1.54) is 6.92 Å². The first-order valence-corrected chi connectivity index (χ1v) is 5.85. The van der Waals surface area contributed by atoms with E-state index < -0.39 is 5.91 Å². The lowest BCUT2D eigenvalue weighted by Crippen LogP contribution is -2.13. The standard InChI is InChI=1S/C15H14N2O2/c1-10(18)17-14-9-12(15(16)19)7-8-13(14)11-5-3-2-4-6-11/h2-9H,1H3,(H2,16,19)(H,17,18). The summed E-state index contributed by atoms with van der Waals surface area (Å²) in [5.74, 6) is -0.718. The summed E-state index contributed by atoms with van der Waals surface area (Å²) in [4.78, 5) is 22.4. The van der Waals surface area contributed by atoms with Crippen LogP contribution in [0.25, 0.3) is 11.1 Å². The van der Waals surface area contributed by atoms with Gasteiger partial charge in [-0.25, -0.2) is 0 Å². The van der Waals surface area contributed by atoms with Gasteiger partial charge in [0.25, 0.3) is 0 Å². The lowest BCUT2D eigenvalue weighted by molar-refractivity contribution is -0.114. The van der Waals surface area contributed by atoms with Crippen LogP contribution in [-0.2, 0) is 4.79 Å². The Bertz CT molecular complexity index is 621. The summed E-state index contributed by atoms with van der Waals surface area (Å²) >= 11 is 0. The Morgan fingerprint density at radius 3 is 2.32 bits per heavy atom. The van der Waals surface area contributed by atoms with Crippen molar-refractivity contribution in [1.29, 1.82) is 0 Å². The summed E-state index contributed by atoms with van der Waals surface area (Å²) < 4.78 is 0. The summed E-state index contributed by atoms with van der Waals surface area (Å²) in [5, 5.41) is 2.72. The predicted octanol–water partition coefficient (Wildman–Crippen LogP) is 2.41. The van der Waals surface area contributed by atoms with Crippen molar-refractivity contribution in [2.75, 3.05) is 5.32 Å². The first-order valence-electron chi connectivity index (χ1n) is 5.85. The average Bonchev–Trinajstić information content (AvgIpc) is 2.39. The molecule has 0 aliphatic rings. The molecule has 96 valence electrons. The van der Waals surface area contributed by atoms with Gasteiger partial charge in [0.05, 0.1) is 0 Å². The quantitative estimate of drug-likeness (QED) is 0.882. The highest BCUT2D eigenvalue weighted by Crippen LogP contribution is 2.28. The Kier molecular flexibility index (Phi) is 3.61. The summed E-state index contributed by atoms with van der Waals surface area (Å²) in [6.07, 6.45) is 0. The van der Waals surface area contributed by atoms with Gasteiger partial charge in [-0.3, -0.25) is 9.59 Å². The number of carbonyl (C=O) groups excluding carboxylic acids is 2. The molecule has 0 aliphatic heterocycles. The van der Waals surface area contributed by atoms with Crippen LogP contribution in [0, 0.1) is 0 Å². The molecule has 2 rings (SSSR count). The second-order valence-electron chi connectivity index (χ2n) is 4.17. The molecule has 3 N–H and O–H groups in total. The number of hydrogen-bond donors (Lipinski definition) is 2. The molecule has 2 amide bonds. The van der Waals surface area contributed by atoms with Gasteiger partial charge in [0, 0.05) is 23.7 Å². The number of benzene rings is 2. The summed E-state index contributed by atoms with van der Waals surface area (Å²) in [7, 11) is 0. The highest BCUT2D eigenvalue weighted by molar-refractivity contribution is 5.99. The van der Waals surface area contributed by atoms with Crippen LogP contribution in [0.1, 0.15) is 17.3 Å². The van der Waals surface area contributed by atoms with E-state index in [4.69, 9.17) is 5.73 Å². The van der Waals surface area contributed by atoms with E-state index in [1.807, 2.05) is 30.3 Å². The minimum absolute atomic E-state index is 0.196. The van der Waals surface area contributed by atoms with Crippen molar-refractivity contribution in [2.45, 2.75) is 6.92 Å². The van der Waals surface area contributed by atoms with E-state index in [-0.39, 0.29) is 5.91 Å². The lowest BCUT2D eigenvalue weighted by atomic mass is 10.0. The zero-order valence-electron chi connectivity index (χ0n) is 10.5. The summed E-state index contributed by atoms with van der Waals surface area (Å²) in [5.41, 5.74) is 8.00.